The van der Waals surface area contributed by atoms with Crippen LogP contribution in [0.25, 0.3) is 10.2 Å². The van der Waals surface area contributed by atoms with Gasteiger partial charge >= 0.3 is 0 Å². The van der Waals surface area contributed by atoms with Crippen molar-refractivity contribution >= 4 is 37.5 Å². The van der Waals surface area contributed by atoms with Gasteiger partial charge < -0.3 is 17.0 Å². The summed E-state index contributed by atoms with van der Waals surface area (Å²) < 4.78 is 3.59. The van der Waals surface area contributed by atoms with Crippen molar-refractivity contribution in [1.29, 1.82) is 0 Å². The number of nitrogens with zero attached hydrogens (tertiary/aromatic N) is 1. The average Bonchev–Trinajstić information content (AvgIpc) is 2.44. The molecular weight excluding hydrogens is 314 g/mol. The second-order valence-electron chi connectivity index (χ2n) is 2.66. The predicted octanol–water partition coefficient (Wildman–Crippen LogP) is -0.375. The fourth-order valence-corrected chi connectivity index (χ4v) is 2.99. The summed E-state index contributed by atoms with van der Waals surface area (Å²) in [6.45, 7) is 0. The lowest BCUT2D eigenvalue weighted by molar-refractivity contribution is -0.646. The van der Waals surface area contributed by atoms with E-state index in [1.165, 1.54) is 15.2 Å². The molecule has 1 nitrogen and oxygen atoms in total. The maximum Gasteiger partial charge on any atom is 0.248 e. The molecule has 0 unspecified atom stereocenters. The number of thiazole rings is 1. The second kappa shape index (κ2) is 4.53. The number of alkyl halides is 1. The first-order chi connectivity index (χ1) is 5.83. The van der Waals surface area contributed by atoms with Crippen LogP contribution in [0.15, 0.2) is 24.3 Å². The highest BCUT2D eigenvalue weighted by Gasteiger charge is 2.13. The zero-order chi connectivity index (χ0) is 8.55. The van der Waals surface area contributed by atoms with Crippen molar-refractivity contribution < 1.29 is 21.5 Å². The number of fused-ring (bicyclic) bond motifs is 1. The first-order valence-corrected chi connectivity index (χ1v) is 5.69. The van der Waals surface area contributed by atoms with Crippen LogP contribution in [-0.2, 0) is 12.4 Å². The lowest BCUT2D eigenvalue weighted by Crippen LogP contribution is -3.00. The molecule has 1 heterocycles. The standard InChI is InChI=1S/C9H9BrNS.BrH/c1-11-7-4-2-3-5-8(7)12-9(11)6-10;/h2-5H,6H2,1H3;1H/q+1;/p-1. The van der Waals surface area contributed by atoms with Crippen molar-refractivity contribution in [2.45, 2.75) is 5.33 Å². The van der Waals surface area contributed by atoms with Crippen LogP contribution in [0.3, 0.4) is 0 Å². The van der Waals surface area contributed by atoms with E-state index in [1.54, 1.807) is 0 Å². The molecule has 0 radical (unpaired) electrons. The molecule has 0 N–H and O–H groups in total. The van der Waals surface area contributed by atoms with Gasteiger partial charge in [0.25, 0.3) is 0 Å². The quantitative estimate of drug-likeness (QED) is 0.498. The van der Waals surface area contributed by atoms with Gasteiger partial charge in [-0.25, -0.2) is 0 Å². The molecule has 2 aromatic rings. The number of halogens is 2. The molecule has 13 heavy (non-hydrogen) atoms. The van der Waals surface area contributed by atoms with Gasteiger partial charge in [-0.1, -0.05) is 39.4 Å². The first kappa shape index (κ1) is 11.1. The normalized spacial score (nSPS) is 10.0. The number of aromatic nitrogens is 1. The van der Waals surface area contributed by atoms with Gasteiger partial charge in [0.2, 0.25) is 10.5 Å². The van der Waals surface area contributed by atoms with Gasteiger partial charge in [0, 0.05) is 6.07 Å². The SMILES string of the molecule is C[n+]1c(CBr)sc2ccccc21.[Br-]. The van der Waals surface area contributed by atoms with Crippen LogP contribution in [0.2, 0.25) is 0 Å². The fraction of sp³-hybridized carbons (Fsp3) is 0.222. The Balaban J connectivity index is 0.000000845. The molecule has 1 aromatic heterocycles. The van der Waals surface area contributed by atoms with Crippen molar-refractivity contribution in [2.75, 3.05) is 0 Å². The molecule has 0 spiro atoms. The van der Waals surface area contributed by atoms with E-state index >= 15 is 0 Å². The molecule has 0 saturated heterocycles. The molecule has 0 saturated carbocycles. The molecule has 0 aliphatic heterocycles. The number of hydrogen-bond acceptors (Lipinski definition) is 1. The van der Waals surface area contributed by atoms with Gasteiger partial charge in [0.15, 0.2) is 0 Å². The highest BCUT2D eigenvalue weighted by molar-refractivity contribution is 9.08. The summed E-state index contributed by atoms with van der Waals surface area (Å²) >= 11 is 5.32. The Morgan fingerprint density at radius 2 is 2.08 bits per heavy atom. The zero-order valence-corrected chi connectivity index (χ0v) is 11.1. The summed E-state index contributed by atoms with van der Waals surface area (Å²) in [5.74, 6) is 0. The molecule has 4 heteroatoms. The second-order valence-corrected chi connectivity index (χ2v) is 4.33. The summed E-state index contributed by atoms with van der Waals surface area (Å²) in [6, 6.07) is 8.47. The van der Waals surface area contributed by atoms with E-state index in [-0.39, 0.29) is 17.0 Å². The van der Waals surface area contributed by atoms with Crippen molar-refractivity contribution in [2.24, 2.45) is 7.05 Å². The largest absolute Gasteiger partial charge is 1.00 e. The lowest BCUT2D eigenvalue weighted by atomic mass is 10.3. The number of aryl methyl sites for hydroxylation is 1. The van der Waals surface area contributed by atoms with Gasteiger partial charge in [-0.15, -0.1) is 0 Å². The molecule has 0 atom stereocenters. The molecule has 2 rings (SSSR count). The van der Waals surface area contributed by atoms with Gasteiger partial charge in [-0.05, 0) is 6.07 Å². The van der Waals surface area contributed by atoms with Crippen LogP contribution in [0.1, 0.15) is 5.01 Å². The van der Waals surface area contributed by atoms with Crippen LogP contribution in [0, 0.1) is 0 Å². The Morgan fingerprint density at radius 3 is 2.69 bits per heavy atom. The molecule has 1 aromatic carbocycles. The third-order valence-electron chi connectivity index (χ3n) is 1.94. The van der Waals surface area contributed by atoms with Crippen molar-refractivity contribution in [3.63, 3.8) is 0 Å². The zero-order valence-electron chi connectivity index (χ0n) is 7.13. The minimum absolute atomic E-state index is 0. The minimum atomic E-state index is 0. The summed E-state index contributed by atoms with van der Waals surface area (Å²) in [7, 11) is 2.11. The van der Waals surface area contributed by atoms with Gasteiger partial charge in [0.1, 0.15) is 11.7 Å². The molecule has 0 aliphatic carbocycles. The highest BCUT2D eigenvalue weighted by atomic mass is 79.9. The van der Waals surface area contributed by atoms with E-state index in [4.69, 9.17) is 0 Å². The molecule has 0 fully saturated rings. The van der Waals surface area contributed by atoms with E-state index in [0.29, 0.717) is 0 Å². The minimum Gasteiger partial charge on any atom is -1.00 e. The Kier molecular flexibility index (Phi) is 3.88. The van der Waals surface area contributed by atoms with Crippen molar-refractivity contribution in [3.8, 4) is 0 Å². The number of rotatable bonds is 1. The maximum absolute atomic E-state index is 3.48. The first-order valence-electron chi connectivity index (χ1n) is 3.75. The van der Waals surface area contributed by atoms with E-state index in [2.05, 4.69) is 51.8 Å². The summed E-state index contributed by atoms with van der Waals surface area (Å²) in [5, 5.41) is 2.29. The molecule has 0 amide bonds. The van der Waals surface area contributed by atoms with E-state index in [9.17, 15) is 0 Å². The van der Waals surface area contributed by atoms with E-state index < -0.39 is 0 Å². The summed E-state index contributed by atoms with van der Waals surface area (Å²) in [5.41, 5.74) is 1.32. The highest BCUT2D eigenvalue weighted by Crippen LogP contribution is 2.20. The van der Waals surface area contributed by atoms with Crippen LogP contribution in [0.5, 0.6) is 0 Å². The molecule has 0 aliphatic rings. The Morgan fingerprint density at radius 1 is 1.38 bits per heavy atom. The Hall–Kier alpha value is 0.0700. The number of hydrogen-bond donors (Lipinski definition) is 0. The van der Waals surface area contributed by atoms with Gasteiger partial charge in [0.05, 0.1) is 5.33 Å². The monoisotopic (exact) mass is 321 g/mol. The van der Waals surface area contributed by atoms with Crippen molar-refractivity contribution in [3.05, 3.63) is 29.3 Å². The smallest absolute Gasteiger partial charge is 0.248 e. The van der Waals surface area contributed by atoms with Crippen LogP contribution in [-0.4, -0.2) is 0 Å². The Labute approximate surface area is 100 Å². The Bertz CT molecular complexity index is 411. The molecule has 70 valence electrons. The van der Waals surface area contributed by atoms with E-state index in [0.717, 1.165) is 5.33 Å². The molecule has 0 bridgehead atoms. The molecular formula is C9H9Br2NS. The fourth-order valence-electron chi connectivity index (χ4n) is 1.27. The lowest BCUT2D eigenvalue weighted by Gasteiger charge is -1.84. The van der Waals surface area contributed by atoms with Crippen LogP contribution >= 0.6 is 27.3 Å². The third kappa shape index (κ3) is 1.95. The van der Waals surface area contributed by atoms with Gasteiger partial charge in [-0.2, -0.15) is 4.57 Å². The maximum atomic E-state index is 3.48. The summed E-state index contributed by atoms with van der Waals surface area (Å²) in [6.07, 6.45) is 0. The van der Waals surface area contributed by atoms with Crippen LogP contribution < -0.4 is 21.5 Å². The van der Waals surface area contributed by atoms with Crippen molar-refractivity contribution in [1.82, 2.24) is 0 Å². The number of para-hydroxylation sites is 1. The number of benzene rings is 1. The van der Waals surface area contributed by atoms with Crippen LogP contribution in [0.4, 0.5) is 0 Å². The third-order valence-corrected chi connectivity index (χ3v) is 4.06. The average molecular weight is 323 g/mol. The predicted molar refractivity (Wildman–Crippen MR) is 55.6 cm³/mol. The summed E-state index contributed by atoms with van der Waals surface area (Å²) in [4.78, 5) is 0. The topological polar surface area (TPSA) is 3.88 Å². The van der Waals surface area contributed by atoms with E-state index in [1.807, 2.05) is 11.3 Å². The van der Waals surface area contributed by atoms with Gasteiger partial charge in [-0.3, -0.25) is 0 Å².